The number of nitrogens with zero attached hydrogens (tertiary/aromatic N) is 1. The Hall–Kier alpha value is -3.39. The van der Waals surface area contributed by atoms with E-state index in [9.17, 15) is 14.4 Å². The van der Waals surface area contributed by atoms with Crippen molar-refractivity contribution in [3.05, 3.63) is 69.6 Å². The number of aryl methyl sites for hydroxylation is 1. The normalized spacial score (nSPS) is 10.5. The molecule has 8 nitrogen and oxygen atoms in total. The minimum atomic E-state index is -0.626. The molecule has 0 radical (unpaired) electrons. The lowest BCUT2D eigenvalue weighted by molar-refractivity contribution is -0.116. The number of hydrogen-bond donors (Lipinski definition) is 2. The van der Waals surface area contributed by atoms with Gasteiger partial charge in [0, 0.05) is 24.6 Å². The number of oxazole rings is 1. The zero-order chi connectivity index (χ0) is 20.1. The topological polar surface area (TPSA) is 114 Å². The van der Waals surface area contributed by atoms with Gasteiger partial charge in [0.1, 0.15) is 5.69 Å². The lowest BCUT2D eigenvalue weighted by atomic mass is 10.2. The van der Waals surface area contributed by atoms with E-state index < -0.39 is 17.4 Å². The van der Waals surface area contributed by atoms with Crippen molar-refractivity contribution >= 4 is 29.2 Å². The molecule has 28 heavy (non-hydrogen) atoms. The number of carbonyl (C=O) groups excluding carboxylic acids is 2. The van der Waals surface area contributed by atoms with E-state index >= 15 is 0 Å². The number of aromatic amines is 1. The number of esters is 1. The molecule has 3 rings (SSSR count). The highest BCUT2D eigenvalue weighted by atomic mass is 35.5. The molecule has 1 aromatic carbocycles. The number of pyridine rings is 1. The lowest BCUT2D eigenvalue weighted by Gasteiger charge is -2.05. The van der Waals surface area contributed by atoms with Crippen LogP contribution in [-0.2, 0) is 16.0 Å². The Morgan fingerprint density at radius 1 is 1.32 bits per heavy atom. The fraction of sp³-hybridized carbons (Fsp3) is 0.158. The summed E-state index contributed by atoms with van der Waals surface area (Å²) in [6, 6.07) is 8.44. The fourth-order valence-electron chi connectivity index (χ4n) is 2.46. The Labute approximate surface area is 164 Å². The molecule has 9 heteroatoms. The van der Waals surface area contributed by atoms with Gasteiger partial charge in [-0.1, -0.05) is 23.7 Å². The molecule has 3 aromatic rings. The predicted octanol–water partition coefficient (Wildman–Crippen LogP) is 3.04. The van der Waals surface area contributed by atoms with Crippen molar-refractivity contribution in [1.29, 1.82) is 0 Å². The summed E-state index contributed by atoms with van der Waals surface area (Å²) in [5, 5.41) is 3.00. The maximum atomic E-state index is 12.1. The van der Waals surface area contributed by atoms with Crippen LogP contribution in [0.3, 0.4) is 0 Å². The second kappa shape index (κ2) is 8.53. The molecule has 2 aromatic heterocycles. The van der Waals surface area contributed by atoms with E-state index in [0.717, 1.165) is 0 Å². The van der Waals surface area contributed by atoms with Crippen molar-refractivity contribution in [3.63, 3.8) is 0 Å². The van der Waals surface area contributed by atoms with Gasteiger partial charge in [0.2, 0.25) is 5.91 Å². The molecule has 0 spiro atoms. The Bertz CT molecular complexity index is 1070. The van der Waals surface area contributed by atoms with Crippen LogP contribution in [0.5, 0.6) is 0 Å². The average molecular weight is 402 g/mol. The highest BCUT2D eigenvalue weighted by Crippen LogP contribution is 2.28. The summed E-state index contributed by atoms with van der Waals surface area (Å²) in [6.45, 7) is 0. The first-order valence-electron chi connectivity index (χ1n) is 8.28. The molecule has 0 aliphatic rings. The molecule has 0 fully saturated rings. The SMILES string of the molecule is COC(=O)c1c[nH]c(=O)c(NC(=O)CCc2ncc(-c3ccccc3Cl)o2)c1. The molecule has 0 unspecified atom stereocenters. The van der Waals surface area contributed by atoms with Crippen LogP contribution in [0.15, 0.2) is 51.9 Å². The third-order valence-corrected chi connectivity index (χ3v) is 4.19. The van der Waals surface area contributed by atoms with Crippen LogP contribution < -0.4 is 10.9 Å². The number of amides is 1. The molecule has 2 N–H and O–H groups in total. The molecule has 0 bridgehead atoms. The number of methoxy groups -OCH3 is 1. The van der Waals surface area contributed by atoms with E-state index in [1.165, 1.54) is 19.4 Å². The van der Waals surface area contributed by atoms with Crippen molar-refractivity contribution in [2.24, 2.45) is 0 Å². The number of hydrogen-bond acceptors (Lipinski definition) is 6. The Balaban J connectivity index is 1.63. The molecule has 0 aliphatic carbocycles. The molecule has 0 saturated carbocycles. The molecule has 0 saturated heterocycles. The van der Waals surface area contributed by atoms with E-state index in [1.807, 2.05) is 12.1 Å². The fourth-order valence-corrected chi connectivity index (χ4v) is 2.69. The molecule has 2 heterocycles. The van der Waals surface area contributed by atoms with Gasteiger partial charge in [0.15, 0.2) is 11.7 Å². The van der Waals surface area contributed by atoms with Crippen molar-refractivity contribution in [3.8, 4) is 11.3 Å². The largest absolute Gasteiger partial charge is 0.465 e. The van der Waals surface area contributed by atoms with Crippen LogP contribution in [0.4, 0.5) is 5.69 Å². The van der Waals surface area contributed by atoms with Crippen molar-refractivity contribution in [2.75, 3.05) is 12.4 Å². The smallest absolute Gasteiger partial charge is 0.339 e. The predicted molar refractivity (Wildman–Crippen MR) is 102 cm³/mol. The van der Waals surface area contributed by atoms with Gasteiger partial charge in [-0.15, -0.1) is 0 Å². The maximum Gasteiger partial charge on any atom is 0.339 e. The van der Waals surface area contributed by atoms with Gasteiger partial charge in [-0.3, -0.25) is 9.59 Å². The van der Waals surface area contributed by atoms with Gasteiger partial charge < -0.3 is 19.5 Å². The number of H-pyrrole nitrogens is 1. The Kier molecular flexibility index (Phi) is 5.90. The lowest BCUT2D eigenvalue weighted by Crippen LogP contribution is -2.21. The summed E-state index contributed by atoms with van der Waals surface area (Å²) < 4.78 is 10.2. The summed E-state index contributed by atoms with van der Waals surface area (Å²) >= 11 is 6.13. The van der Waals surface area contributed by atoms with E-state index in [2.05, 4.69) is 20.0 Å². The van der Waals surface area contributed by atoms with Crippen molar-refractivity contribution < 1.29 is 18.7 Å². The first-order valence-corrected chi connectivity index (χ1v) is 8.66. The Morgan fingerprint density at radius 2 is 2.11 bits per heavy atom. The number of rotatable bonds is 6. The van der Waals surface area contributed by atoms with Gasteiger partial charge in [0.05, 0.1) is 23.9 Å². The second-order valence-electron chi connectivity index (χ2n) is 5.77. The zero-order valence-corrected chi connectivity index (χ0v) is 15.6. The number of nitrogens with one attached hydrogen (secondary N) is 2. The number of anilines is 1. The summed E-state index contributed by atoms with van der Waals surface area (Å²) in [5.74, 6) is -0.186. The summed E-state index contributed by atoms with van der Waals surface area (Å²) in [7, 11) is 1.22. The van der Waals surface area contributed by atoms with Gasteiger partial charge in [-0.05, 0) is 18.2 Å². The molecule has 1 amide bonds. The Morgan fingerprint density at radius 3 is 2.86 bits per heavy atom. The summed E-state index contributed by atoms with van der Waals surface area (Å²) in [6.07, 6.45) is 3.01. The van der Waals surface area contributed by atoms with Gasteiger partial charge in [-0.25, -0.2) is 9.78 Å². The van der Waals surface area contributed by atoms with E-state index in [1.54, 1.807) is 18.3 Å². The van der Waals surface area contributed by atoms with Crippen molar-refractivity contribution in [2.45, 2.75) is 12.8 Å². The minimum Gasteiger partial charge on any atom is -0.465 e. The summed E-state index contributed by atoms with van der Waals surface area (Å²) in [5.41, 5.74) is 0.253. The van der Waals surface area contributed by atoms with Gasteiger partial charge in [0.25, 0.3) is 5.56 Å². The maximum absolute atomic E-state index is 12.1. The van der Waals surface area contributed by atoms with E-state index in [0.29, 0.717) is 22.2 Å². The first kappa shape index (κ1) is 19.4. The van der Waals surface area contributed by atoms with E-state index in [4.69, 9.17) is 16.0 Å². The third kappa shape index (κ3) is 4.47. The highest BCUT2D eigenvalue weighted by Gasteiger charge is 2.14. The number of aromatic nitrogens is 2. The third-order valence-electron chi connectivity index (χ3n) is 3.86. The molecular weight excluding hydrogens is 386 g/mol. The number of carbonyl (C=O) groups is 2. The van der Waals surface area contributed by atoms with Gasteiger partial charge in [-0.2, -0.15) is 0 Å². The van der Waals surface area contributed by atoms with Gasteiger partial charge >= 0.3 is 5.97 Å². The van der Waals surface area contributed by atoms with Crippen LogP contribution in [0.2, 0.25) is 5.02 Å². The van der Waals surface area contributed by atoms with Crippen LogP contribution in [0.1, 0.15) is 22.7 Å². The van der Waals surface area contributed by atoms with Crippen LogP contribution >= 0.6 is 11.6 Å². The number of ether oxygens (including phenoxy) is 1. The van der Waals surface area contributed by atoms with Crippen LogP contribution in [0.25, 0.3) is 11.3 Å². The molecule has 0 aliphatic heterocycles. The zero-order valence-electron chi connectivity index (χ0n) is 14.8. The molecular formula is C19H16ClN3O5. The van der Waals surface area contributed by atoms with Crippen LogP contribution in [-0.4, -0.2) is 29.0 Å². The number of halogens is 1. The second-order valence-corrected chi connectivity index (χ2v) is 6.18. The number of benzene rings is 1. The monoisotopic (exact) mass is 401 g/mol. The minimum absolute atomic E-state index is 0.0321. The summed E-state index contributed by atoms with van der Waals surface area (Å²) in [4.78, 5) is 42.0. The highest BCUT2D eigenvalue weighted by molar-refractivity contribution is 6.33. The van der Waals surface area contributed by atoms with Crippen LogP contribution in [0, 0.1) is 0 Å². The first-order chi connectivity index (χ1) is 13.5. The average Bonchev–Trinajstić information content (AvgIpc) is 3.16. The van der Waals surface area contributed by atoms with E-state index in [-0.39, 0.29) is 24.1 Å². The molecule has 0 atom stereocenters. The molecule has 144 valence electrons. The standard InChI is InChI=1S/C19H16ClN3O5/c1-27-19(26)11-8-14(18(25)22-9-11)23-16(24)6-7-17-21-10-15(28-17)12-4-2-3-5-13(12)20/h2-5,8-10H,6-7H2,1H3,(H,22,25)(H,23,24). The quantitative estimate of drug-likeness (QED) is 0.613. The van der Waals surface area contributed by atoms with Crippen molar-refractivity contribution in [1.82, 2.24) is 9.97 Å².